The minimum atomic E-state index is 0.167. The molecule has 0 aromatic heterocycles. The third-order valence-corrected chi connectivity index (χ3v) is 4.36. The fourth-order valence-corrected chi connectivity index (χ4v) is 2.62. The molecular weight excluding hydrogens is 240 g/mol. The summed E-state index contributed by atoms with van der Waals surface area (Å²) in [5, 5.41) is 6.44. The van der Waals surface area contributed by atoms with Crippen LogP contribution in [0.3, 0.4) is 0 Å². The molecule has 0 aliphatic carbocycles. The smallest absolute Gasteiger partial charge is 0.234 e. The van der Waals surface area contributed by atoms with Crippen LogP contribution in [-0.4, -0.2) is 73.6 Å². The molecule has 2 aliphatic heterocycles. The predicted molar refractivity (Wildman–Crippen MR) is 77.1 cm³/mol. The summed E-state index contributed by atoms with van der Waals surface area (Å²) in [4.78, 5) is 16.7. The Morgan fingerprint density at radius 2 is 1.89 bits per heavy atom. The van der Waals surface area contributed by atoms with Crippen LogP contribution in [0.25, 0.3) is 0 Å². The van der Waals surface area contributed by atoms with Crippen molar-refractivity contribution >= 4 is 5.91 Å². The first-order valence-corrected chi connectivity index (χ1v) is 7.52. The van der Waals surface area contributed by atoms with Gasteiger partial charge in [0.15, 0.2) is 0 Å². The predicted octanol–water partition coefficient (Wildman–Crippen LogP) is -0.263. The monoisotopic (exact) mass is 268 g/mol. The van der Waals surface area contributed by atoms with Crippen molar-refractivity contribution in [3.05, 3.63) is 0 Å². The minimum absolute atomic E-state index is 0.167. The van der Waals surface area contributed by atoms with E-state index in [4.69, 9.17) is 0 Å². The first-order chi connectivity index (χ1) is 9.06. The van der Waals surface area contributed by atoms with Crippen molar-refractivity contribution in [2.45, 2.75) is 32.9 Å². The van der Waals surface area contributed by atoms with Gasteiger partial charge in [-0.2, -0.15) is 0 Å². The van der Waals surface area contributed by atoms with Gasteiger partial charge in [0.05, 0.1) is 6.54 Å². The number of likely N-dealkylation sites (tertiary alicyclic amines) is 1. The van der Waals surface area contributed by atoms with Crippen LogP contribution in [-0.2, 0) is 4.79 Å². The molecule has 0 radical (unpaired) electrons. The van der Waals surface area contributed by atoms with Crippen LogP contribution in [0.1, 0.15) is 20.8 Å². The molecule has 0 aromatic carbocycles. The van der Waals surface area contributed by atoms with Crippen LogP contribution in [0.2, 0.25) is 0 Å². The van der Waals surface area contributed by atoms with Gasteiger partial charge in [-0.25, -0.2) is 0 Å². The van der Waals surface area contributed by atoms with Crippen molar-refractivity contribution in [2.75, 3.05) is 45.8 Å². The highest BCUT2D eigenvalue weighted by Crippen LogP contribution is 2.14. The van der Waals surface area contributed by atoms with Gasteiger partial charge in [0.25, 0.3) is 0 Å². The third kappa shape index (κ3) is 4.16. The summed E-state index contributed by atoms with van der Waals surface area (Å²) in [5.41, 5.74) is 0. The lowest BCUT2D eigenvalue weighted by Crippen LogP contribution is -2.64. The first kappa shape index (κ1) is 14.8. The molecule has 2 N–H and O–H groups in total. The van der Waals surface area contributed by atoms with Gasteiger partial charge < -0.3 is 10.6 Å². The molecule has 0 bridgehead atoms. The van der Waals surface area contributed by atoms with E-state index in [1.807, 2.05) is 0 Å². The van der Waals surface area contributed by atoms with Crippen molar-refractivity contribution in [1.29, 1.82) is 0 Å². The molecule has 2 fully saturated rings. The number of amides is 1. The number of carbonyl (C=O) groups is 1. The van der Waals surface area contributed by atoms with Gasteiger partial charge in [0.1, 0.15) is 0 Å². The fourth-order valence-electron chi connectivity index (χ4n) is 2.62. The Morgan fingerprint density at radius 3 is 2.47 bits per heavy atom. The van der Waals surface area contributed by atoms with Crippen molar-refractivity contribution in [3.8, 4) is 0 Å². The molecule has 1 amide bonds. The van der Waals surface area contributed by atoms with Crippen LogP contribution in [0, 0.1) is 5.92 Å². The van der Waals surface area contributed by atoms with Gasteiger partial charge in [-0.1, -0.05) is 13.8 Å². The molecule has 110 valence electrons. The van der Waals surface area contributed by atoms with Crippen LogP contribution < -0.4 is 10.6 Å². The number of nitrogens with zero attached hydrogens (tertiary/aromatic N) is 2. The number of hydrogen-bond donors (Lipinski definition) is 2. The van der Waals surface area contributed by atoms with Gasteiger partial charge in [0, 0.05) is 51.4 Å². The second-order valence-corrected chi connectivity index (χ2v) is 6.23. The van der Waals surface area contributed by atoms with Gasteiger partial charge in [0.2, 0.25) is 5.91 Å². The van der Waals surface area contributed by atoms with Crippen molar-refractivity contribution in [1.82, 2.24) is 20.4 Å². The molecule has 1 atom stereocenters. The molecule has 0 spiro atoms. The maximum Gasteiger partial charge on any atom is 0.234 e. The molecule has 5 nitrogen and oxygen atoms in total. The maximum absolute atomic E-state index is 11.9. The molecule has 19 heavy (non-hydrogen) atoms. The highest BCUT2D eigenvalue weighted by molar-refractivity contribution is 5.78. The molecular formula is C14H28N4O. The molecule has 2 saturated heterocycles. The Labute approximate surface area is 116 Å². The molecule has 2 heterocycles. The van der Waals surface area contributed by atoms with E-state index in [9.17, 15) is 4.79 Å². The Morgan fingerprint density at radius 1 is 1.26 bits per heavy atom. The van der Waals surface area contributed by atoms with E-state index in [0.29, 0.717) is 18.5 Å². The lowest BCUT2D eigenvalue weighted by atomic mass is 10.1. The van der Waals surface area contributed by atoms with E-state index in [0.717, 1.165) is 39.3 Å². The van der Waals surface area contributed by atoms with E-state index in [-0.39, 0.29) is 11.9 Å². The second kappa shape index (κ2) is 6.68. The topological polar surface area (TPSA) is 47.6 Å². The van der Waals surface area contributed by atoms with E-state index < -0.39 is 0 Å². The largest absolute Gasteiger partial charge is 0.352 e. The SMILES string of the molecule is CC(C)C(C)NC(=O)CN1CC(N2CCNCC2)C1. The molecule has 0 saturated carbocycles. The summed E-state index contributed by atoms with van der Waals surface area (Å²) in [7, 11) is 0. The molecule has 2 rings (SSSR count). The summed E-state index contributed by atoms with van der Waals surface area (Å²) in [6.07, 6.45) is 0. The molecule has 5 heteroatoms. The number of rotatable bonds is 5. The summed E-state index contributed by atoms with van der Waals surface area (Å²) in [6, 6.07) is 0.926. The molecule has 1 unspecified atom stereocenters. The quantitative estimate of drug-likeness (QED) is 0.721. The Hall–Kier alpha value is -0.650. The number of piperazine rings is 1. The van der Waals surface area contributed by atoms with Crippen molar-refractivity contribution in [3.63, 3.8) is 0 Å². The Balaban J connectivity index is 1.62. The molecule has 0 aromatic rings. The summed E-state index contributed by atoms with van der Waals surface area (Å²) < 4.78 is 0. The van der Waals surface area contributed by atoms with Crippen molar-refractivity contribution < 1.29 is 4.79 Å². The van der Waals surface area contributed by atoms with Gasteiger partial charge in [-0.05, 0) is 12.8 Å². The maximum atomic E-state index is 11.9. The van der Waals surface area contributed by atoms with E-state index in [2.05, 4.69) is 41.2 Å². The highest BCUT2D eigenvalue weighted by atomic mass is 16.2. The lowest BCUT2D eigenvalue weighted by Gasteiger charge is -2.46. The zero-order valence-electron chi connectivity index (χ0n) is 12.5. The number of hydrogen-bond acceptors (Lipinski definition) is 4. The number of carbonyl (C=O) groups excluding carboxylic acids is 1. The average molecular weight is 268 g/mol. The minimum Gasteiger partial charge on any atom is -0.352 e. The second-order valence-electron chi connectivity index (χ2n) is 6.23. The summed E-state index contributed by atoms with van der Waals surface area (Å²) >= 11 is 0. The molecule has 2 aliphatic rings. The van der Waals surface area contributed by atoms with Gasteiger partial charge in [-0.15, -0.1) is 0 Å². The summed E-state index contributed by atoms with van der Waals surface area (Å²) in [5.74, 6) is 0.661. The summed E-state index contributed by atoms with van der Waals surface area (Å²) in [6.45, 7) is 13.5. The van der Waals surface area contributed by atoms with E-state index >= 15 is 0 Å². The fraction of sp³-hybridized carbons (Fsp3) is 0.929. The Kier molecular flexibility index (Phi) is 5.19. The lowest BCUT2D eigenvalue weighted by molar-refractivity contribution is -0.125. The van der Waals surface area contributed by atoms with E-state index in [1.54, 1.807) is 0 Å². The van der Waals surface area contributed by atoms with Gasteiger partial charge >= 0.3 is 0 Å². The van der Waals surface area contributed by atoms with Crippen LogP contribution >= 0.6 is 0 Å². The van der Waals surface area contributed by atoms with Gasteiger partial charge in [-0.3, -0.25) is 14.6 Å². The van der Waals surface area contributed by atoms with Crippen LogP contribution in [0.5, 0.6) is 0 Å². The van der Waals surface area contributed by atoms with E-state index in [1.165, 1.54) is 0 Å². The van der Waals surface area contributed by atoms with Crippen LogP contribution in [0.4, 0.5) is 0 Å². The zero-order valence-corrected chi connectivity index (χ0v) is 12.5. The first-order valence-electron chi connectivity index (χ1n) is 7.52. The van der Waals surface area contributed by atoms with Crippen molar-refractivity contribution in [2.24, 2.45) is 5.92 Å². The third-order valence-electron chi connectivity index (χ3n) is 4.36. The normalized spacial score (nSPS) is 24.2. The average Bonchev–Trinajstić information content (AvgIpc) is 2.34. The number of nitrogens with one attached hydrogen (secondary N) is 2. The van der Waals surface area contributed by atoms with Crippen LogP contribution in [0.15, 0.2) is 0 Å². The standard InChI is InChI=1S/C14H28N4O/c1-11(2)12(3)16-14(19)10-17-8-13(9-17)18-6-4-15-5-7-18/h11-13,15H,4-10H2,1-3H3,(H,16,19). The highest BCUT2D eigenvalue weighted by Gasteiger charge is 2.33. The zero-order chi connectivity index (χ0) is 13.8. The Bertz CT molecular complexity index is 296.